The number of likely N-dealkylation sites (tertiary alicyclic amines) is 1. The smallest absolute Gasteiger partial charge is 0.317 e. The van der Waals surface area contributed by atoms with Crippen LogP contribution in [0, 0.1) is 11.7 Å². The zero-order chi connectivity index (χ0) is 17.8. The van der Waals surface area contributed by atoms with E-state index in [1.807, 2.05) is 0 Å². The Morgan fingerprint density at radius 3 is 2.36 bits per heavy atom. The van der Waals surface area contributed by atoms with Crippen LogP contribution in [0.5, 0.6) is 0 Å². The van der Waals surface area contributed by atoms with Crippen molar-refractivity contribution >= 4 is 17.5 Å². The number of hydrogen-bond donors (Lipinski definition) is 2. The zero-order valence-electron chi connectivity index (χ0n) is 14.2. The predicted molar refractivity (Wildman–Crippen MR) is 94.0 cm³/mol. The molecule has 0 saturated carbocycles. The number of nitrogens with two attached hydrogens (primary N) is 1. The number of rotatable bonds is 3. The van der Waals surface area contributed by atoms with Crippen LogP contribution in [0.3, 0.4) is 0 Å². The number of carbonyl (C=O) groups is 2. The van der Waals surface area contributed by atoms with Gasteiger partial charge in [0.25, 0.3) is 0 Å². The lowest BCUT2D eigenvalue weighted by molar-refractivity contribution is -0.123. The summed E-state index contributed by atoms with van der Waals surface area (Å²) >= 11 is 0. The van der Waals surface area contributed by atoms with Gasteiger partial charge in [0, 0.05) is 25.0 Å². The third kappa shape index (κ3) is 4.38. The molecule has 2 aliphatic rings. The van der Waals surface area contributed by atoms with Crippen LogP contribution in [0.2, 0.25) is 0 Å². The van der Waals surface area contributed by atoms with Gasteiger partial charge in [0.15, 0.2) is 0 Å². The van der Waals surface area contributed by atoms with Gasteiger partial charge in [-0.25, -0.2) is 9.18 Å². The molecule has 1 aromatic rings. The van der Waals surface area contributed by atoms with Crippen LogP contribution >= 0.6 is 0 Å². The number of halogens is 1. The number of carbonyl (C=O) groups excluding carboxylic acids is 2. The van der Waals surface area contributed by atoms with Gasteiger partial charge in [0.05, 0.1) is 0 Å². The van der Waals surface area contributed by atoms with Gasteiger partial charge in [-0.1, -0.05) is 18.2 Å². The van der Waals surface area contributed by atoms with Crippen molar-refractivity contribution in [3.8, 4) is 0 Å². The molecule has 0 radical (unpaired) electrons. The summed E-state index contributed by atoms with van der Waals surface area (Å²) in [5, 5.41) is 3.08. The number of urea groups is 1. The van der Waals surface area contributed by atoms with Gasteiger partial charge in [-0.2, -0.15) is 0 Å². The molecule has 25 heavy (non-hydrogen) atoms. The SMILES string of the molecule is NC(=O)C1CCN(C(=O)NC2CC=C(c3ccc(F)cc3)CC2)CC1. The summed E-state index contributed by atoms with van der Waals surface area (Å²) in [6.45, 7) is 1.14. The molecule has 5 nitrogen and oxygen atoms in total. The molecular formula is C19H24FN3O2. The summed E-state index contributed by atoms with van der Waals surface area (Å²) in [4.78, 5) is 25.3. The van der Waals surface area contributed by atoms with Gasteiger partial charge in [-0.05, 0) is 55.4 Å². The minimum absolute atomic E-state index is 0.0634. The maximum Gasteiger partial charge on any atom is 0.317 e. The summed E-state index contributed by atoms with van der Waals surface area (Å²) in [6.07, 6.45) is 5.91. The molecule has 1 aliphatic carbocycles. The number of hydrogen-bond acceptors (Lipinski definition) is 2. The van der Waals surface area contributed by atoms with E-state index in [-0.39, 0.29) is 29.7 Å². The van der Waals surface area contributed by atoms with Crippen molar-refractivity contribution < 1.29 is 14.0 Å². The molecule has 6 heteroatoms. The average molecular weight is 345 g/mol. The summed E-state index contributed by atoms with van der Waals surface area (Å²) in [7, 11) is 0. The lowest BCUT2D eigenvalue weighted by Gasteiger charge is -2.32. The summed E-state index contributed by atoms with van der Waals surface area (Å²) in [5.41, 5.74) is 7.57. The van der Waals surface area contributed by atoms with E-state index in [4.69, 9.17) is 5.73 Å². The van der Waals surface area contributed by atoms with E-state index in [0.29, 0.717) is 25.9 Å². The van der Waals surface area contributed by atoms with Crippen LogP contribution in [-0.2, 0) is 4.79 Å². The van der Waals surface area contributed by atoms with Crippen LogP contribution in [0.1, 0.15) is 37.7 Å². The Labute approximate surface area is 147 Å². The second kappa shape index (κ2) is 7.68. The molecular weight excluding hydrogens is 321 g/mol. The summed E-state index contributed by atoms with van der Waals surface area (Å²) in [5.74, 6) is -0.615. The number of allylic oxidation sites excluding steroid dienone is 1. The lowest BCUT2D eigenvalue weighted by atomic mass is 9.91. The summed E-state index contributed by atoms with van der Waals surface area (Å²) in [6, 6.07) is 6.59. The fraction of sp³-hybridized carbons (Fsp3) is 0.474. The van der Waals surface area contributed by atoms with E-state index < -0.39 is 0 Å². The normalized spacial score (nSPS) is 21.6. The van der Waals surface area contributed by atoms with Crippen LogP contribution in [0.4, 0.5) is 9.18 Å². The Kier molecular flexibility index (Phi) is 5.36. The Morgan fingerprint density at radius 2 is 1.80 bits per heavy atom. The maximum atomic E-state index is 13.0. The van der Waals surface area contributed by atoms with Gasteiger partial charge < -0.3 is 16.0 Å². The van der Waals surface area contributed by atoms with Gasteiger partial charge in [0.2, 0.25) is 5.91 Å². The van der Waals surface area contributed by atoms with Crippen molar-refractivity contribution in [1.29, 1.82) is 0 Å². The van der Waals surface area contributed by atoms with Crippen molar-refractivity contribution in [2.75, 3.05) is 13.1 Å². The first-order valence-corrected chi connectivity index (χ1v) is 8.82. The molecule has 1 heterocycles. The number of nitrogens with one attached hydrogen (secondary N) is 1. The molecule has 1 aromatic carbocycles. The van der Waals surface area contributed by atoms with Crippen LogP contribution in [0.15, 0.2) is 30.3 Å². The highest BCUT2D eigenvalue weighted by Crippen LogP contribution is 2.27. The molecule has 3 rings (SSSR count). The Morgan fingerprint density at radius 1 is 1.12 bits per heavy atom. The first-order chi connectivity index (χ1) is 12.0. The van der Waals surface area contributed by atoms with E-state index in [0.717, 1.165) is 24.8 Å². The van der Waals surface area contributed by atoms with Crippen molar-refractivity contribution in [3.05, 3.63) is 41.7 Å². The Balaban J connectivity index is 1.49. The minimum Gasteiger partial charge on any atom is -0.369 e. The van der Waals surface area contributed by atoms with Crippen LogP contribution in [-0.4, -0.2) is 36.0 Å². The van der Waals surface area contributed by atoms with Gasteiger partial charge in [-0.15, -0.1) is 0 Å². The molecule has 1 aliphatic heterocycles. The van der Waals surface area contributed by atoms with E-state index in [1.165, 1.54) is 17.7 Å². The number of amides is 3. The van der Waals surface area contributed by atoms with E-state index in [1.54, 1.807) is 17.0 Å². The van der Waals surface area contributed by atoms with Gasteiger partial charge >= 0.3 is 6.03 Å². The third-order valence-corrected chi connectivity index (χ3v) is 5.14. The van der Waals surface area contributed by atoms with Crippen molar-refractivity contribution in [1.82, 2.24) is 10.2 Å². The molecule has 0 aromatic heterocycles. The number of primary amides is 1. The standard InChI is InChI=1S/C19H24FN3O2/c20-16-5-1-13(2-6-16)14-3-7-17(8-4-14)22-19(25)23-11-9-15(10-12-23)18(21)24/h1-3,5-6,15,17H,4,7-12H2,(H2,21,24)(H,22,25). The fourth-order valence-electron chi connectivity index (χ4n) is 3.52. The first-order valence-electron chi connectivity index (χ1n) is 8.82. The fourth-order valence-corrected chi connectivity index (χ4v) is 3.52. The average Bonchev–Trinajstić information content (AvgIpc) is 2.63. The van der Waals surface area contributed by atoms with Crippen LogP contribution < -0.4 is 11.1 Å². The van der Waals surface area contributed by atoms with Crippen molar-refractivity contribution in [3.63, 3.8) is 0 Å². The number of benzene rings is 1. The molecule has 3 amide bonds. The van der Waals surface area contributed by atoms with E-state index >= 15 is 0 Å². The molecule has 1 unspecified atom stereocenters. The Bertz CT molecular complexity index is 664. The number of piperidine rings is 1. The molecule has 0 bridgehead atoms. The zero-order valence-corrected chi connectivity index (χ0v) is 14.2. The highest BCUT2D eigenvalue weighted by molar-refractivity contribution is 5.78. The highest BCUT2D eigenvalue weighted by atomic mass is 19.1. The second-order valence-electron chi connectivity index (χ2n) is 6.82. The highest BCUT2D eigenvalue weighted by Gasteiger charge is 2.27. The molecule has 1 fully saturated rings. The Hall–Kier alpha value is -2.37. The van der Waals surface area contributed by atoms with Crippen molar-refractivity contribution in [2.24, 2.45) is 11.7 Å². The van der Waals surface area contributed by atoms with E-state index in [9.17, 15) is 14.0 Å². The number of nitrogens with zero attached hydrogens (tertiary/aromatic N) is 1. The second-order valence-corrected chi connectivity index (χ2v) is 6.82. The maximum absolute atomic E-state index is 13.0. The summed E-state index contributed by atoms with van der Waals surface area (Å²) < 4.78 is 13.0. The lowest BCUT2D eigenvalue weighted by Crippen LogP contribution is -2.49. The molecule has 3 N–H and O–H groups in total. The first kappa shape index (κ1) is 17.5. The molecule has 1 saturated heterocycles. The molecule has 0 spiro atoms. The van der Waals surface area contributed by atoms with E-state index in [2.05, 4.69) is 11.4 Å². The molecule has 134 valence electrons. The van der Waals surface area contributed by atoms with Crippen molar-refractivity contribution in [2.45, 2.75) is 38.1 Å². The van der Waals surface area contributed by atoms with Crippen LogP contribution in [0.25, 0.3) is 5.57 Å². The third-order valence-electron chi connectivity index (χ3n) is 5.14. The van der Waals surface area contributed by atoms with Gasteiger partial charge in [0.1, 0.15) is 5.82 Å². The largest absolute Gasteiger partial charge is 0.369 e. The quantitative estimate of drug-likeness (QED) is 0.884. The van der Waals surface area contributed by atoms with Gasteiger partial charge in [-0.3, -0.25) is 4.79 Å². The minimum atomic E-state index is -0.272. The monoisotopic (exact) mass is 345 g/mol. The topological polar surface area (TPSA) is 75.4 Å². The predicted octanol–water partition coefficient (Wildman–Crippen LogP) is 2.67. The molecule has 1 atom stereocenters.